The summed E-state index contributed by atoms with van der Waals surface area (Å²) in [5, 5.41) is 9.06. The molecule has 8 heteroatoms. The number of carboxylic acids is 1. The Morgan fingerprint density at radius 2 is 1.78 bits per heavy atom. The minimum absolute atomic E-state index is 0.0194. The summed E-state index contributed by atoms with van der Waals surface area (Å²) in [6.45, 7) is 5.07. The molecule has 1 amide bonds. The van der Waals surface area contributed by atoms with Crippen molar-refractivity contribution in [1.29, 1.82) is 0 Å². The third-order valence-electron chi connectivity index (χ3n) is 7.14. The van der Waals surface area contributed by atoms with Gasteiger partial charge < -0.3 is 14.6 Å². The van der Waals surface area contributed by atoms with E-state index in [0.29, 0.717) is 18.2 Å². The highest BCUT2D eigenvalue weighted by atomic mass is 16.6. The minimum Gasteiger partial charge on any atom is -0.478 e. The highest BCUT2D eigenvalue weighted by Crippen LogP contribution is 2.33. The maximum Gasteiger partial charge on any atom is 0.410 e. The van der Waals surface area contributed by atoms with E-state index in [1.165, 1.54) is 12.1 Å². The number of piperidine rings is 1. The van der Waals surface area contributed by atoms with Crippen molar-refractivity contribution in [2.24, 2.45) is 0 Å². The molecule has 2 fully saturated rings. The number of ether oxygens (including phenoxy) is 2. The van der Waals surface area contributed by atoms with Crippen molar-refractivity contribution in [3.63, 3.8) is 0 Å². The predicted molar refractivity (Wildman–Crippen MR) is 138 cm³/mol. The number of carbonyl (C=O) groups is 2. The van der Waals surface area contributed by atoms with Gasteiger partial charge in [-0.25, -0.2) is 14.6 Å². The number of carbonyl (C=O) groups excluding carboxylic acids is 1. The van der Waals surface area contributed by atoms with E-state index in [0.717, 1.165) is 55.7 Å². The standard InChI is InChI=1S/C29H31N3O5/c1-2-25-22(10-13-27(30-25)37-24-11-8-21(9-12-24)28(33)34)18-31-16-14-23(15-17-31)32-26(19-36-29(32)35)20-6-4-3-5-7-20/h3-13,23,26H,2,14-19H2,1H3,(H,33,34). The fourth-order valence-corrected chi connectivity index (χ4v) is 5.17. The number of aromatic nitrogens is 1. The number of aryl methyl sites for hydroxylation is 1. The van der Waals surface area contributed by atoms with E-state index in [2.05, 4.69) is 30.0 Å². The monoisotopic (exact) mass is 501 g/mol. The Morgan fingerprint density at radius 3 is 2.46 bits per heavy atom. The molecular formula is C29H31N3O5. The van der Waals surface area contributed by atoms with E-state index in [1.807, 2.05) is 29.2 Å². The molecule has 1 N–H and O–H groups in total. The lowest BCUT2D eigenvalue weighted by molar-refractivity contribution is 0.0696. The predicted octanol–water partition coefficient (Wildman–Crippen LogP) is 5.29. The van der Waals surface area contributed by atoms with Crippen LogP contribution in [0.3, 0.4) is 0 Å². The number of carboxylic acid groups (broad SMARTS) is 1. The van der Waals surface area contributed by atoms with Gasteiger partial charge in [-0.15, -0.1) is 0 Å². The summed E-state index contributed by atoms with van der Waals surface area (Å²) in [5.41, 5.74) is 3.48. The van der Waals surface area contributed by atoms with Crippen molar-refractivity contribution >= 4 is 12.1 Å². The van der Waals surface area contributed by atoms with Crippen LogP contribution < -0.4 is 4.74 Å². The van der Waals surface area contributed by atoms with Crippen LogP contribution >= 0.6 is 0 Å². The van der Waals surface area contributed by atoms with E-state index in [1.54, 1.807) is 12.1 Å². The summed E-state index contributed by atoms with van der Waals surface area (Å²) in [7, 11) is 0. The Kier molecular flexibility index (Phi) is 7.37. The van der Waals surface area contributed by atoms with Crippen LogP contribution in [0.5, 0.6) is 11.6 Å². The van der Waals surface area contributed by atoms with Crippen molar-refractivity contribution in [2.75, 3.05) is 19.7 Å². The molecule has 0 radical (unpaired) electrons. The number of aromatic carboxylic acids is 1. The fourth-order valence-electron chi connectivity index (χ4n) is 5.17. The zero-order valence-electron chi connectivity index (χ0n) is 20.9. The summed E-state index contributed by atoms with van der Waals surface area (Å²) >= 11 is 0. The van der Waals surface area contributed by atoms with Crippen LogP contribution in [-0.4, -0.2) is 57.7 Å². The molecule has 1 unspecified atom stereocenters. The zero-order chi connectivity index (χ0) is 25.8. The van der Waals surface area contributed by atoms with Crippen LogP contribution in [0.2, 0.25) is 0 Å². The number of benzene rings is 2. The molecule has 5 rings (SSSR count). The van der Waals surface area contributed by atoms with Gasteiger partial charge in [-0.3, -0.25) is 9.80 Å². The smallest absolute Gasteiger partial charge is 0.410 e. The first kappa shape index (κ1) is 24.8. The number of cyclic esters (lactones) is 1. The van der Waals surface area contributed by atoms with Crippen molar-refractivity contribution in [2.45, 2.75) is 44.8 Å². The highest BCUT2D eigenvalue weighted by molar-refractivity contribution is 5.87. The zero-order valence-corrected chi connectivity index (χ0v) is 20.9. The average molecular weight is 502 g/mol. The van der Waals surface area contributed by atoms with Gasteiger partial charge in [0.05, 0.1) is 11.6 Å². The van der Waals surface area contributed by atoms with Crippen molar-refractivity contribution in [3.05, 3.63) is 89.1 Å². The van der Waals surface area contributed by atoms with Gasteiger partial charge in [-0.1, -0.05) is 43.3 Å². The second-order valence-electron chi connectivity index (χ2n) is 9.46. The topological polar surface area (TPSA) is 92.2 Å². The Hall–Kier alpha value is -3.91. The quantitative estimate of drug-likeness (QED) is 0.448. The van der Waals surface area contributed by atoms with Gasteiger partial charge in [0, 0.05) is 37.4 Å². The van der Waals surface area contributed by atoms with Crippen LogP contribution in [0.4, 0.5) is 4.79 Å². The molecule has 192 valence electrons. The lowest BCUT2D eigenvalue weighted by Gasteiger charge is -2.38. The highest BCUT2D eigenvalue weighted by Gasteiger charge is 2.40. The third kappa shape index (κ3) is 5.59. The van der Waals surface area contributed by atoms with Crippen LogP contribution in [0.25, 0.3) is 0 Å². The van der Waals surface area contributed by atoms with Crippen molar-refractivity contribution < 1.29 is 24.2 Å². The molecule has 0 saturated carbocycles. The molecule has 2 aromatic carbocycles. The van der Waals surface area contributed by atoms with Gasteiger partial charge in [0.15, 0.2) is 0 Å². The number of nitrogens with zero attached hydrogens (tertiary/aromatic N) is 3. The van der Waals surface area contributed by atoms with Crippen LogP contribution in [-0.2, 0) is 17.7 Å². The van der Waals surface area contributed by atoms with Gasteiger partial charge in [0.1, 0.15) is 12.4 Å². The largest absolute Gasteiger partial charge is 0.478 e. The van der Waals surface area contributed by atoms with Crippen molar-refractivity contribution in [1.82, 2.24) is 14.8 Å². The Balaban J connectivity index is 1.20. The Morgan fingerprint density at radius 1 is 1.05 bits per heavy atom. The first-order valence-corrected chi connectivity index (χ1v) is 12.7. The Bertz CT molecular complexity index is 1240. The lowest BCUT2D eigenvalue weighted by atomic mass is 9.98. The number of likely N-dealkylation sites (tertiary alicyclic amines) is 1. The van der Waals surface area contributed by atoms with Crippen LogP contribution in [0.15, 0.2) is 66.7 Å². The normalized spacial score (nSPS) is 18.6. The molecule has 37 heavy (non-hydrogen) atoms. The van der Waals surface area contributed by atoms with Gasteiger partial charge in [0.2, 0.25) is 5.88 Å². The molecule has 1 aromatic heterocycles. The molecule has 0 aliphatic carbocycles. The van der Waals surface area contributed by atoms with Gasteiger partial charge in [0.25, 0.3) is 0 Å². The SMILES string of the molecule is CCc1nc(Oc2ccc(C(=O)O)cc2)ccc1CN1CCC(N2C(=O)OCC2c2ccccc2)CC1. The molecular weight excluding hydrogens is 470 g/mol. The van der Waals surface area contributed by atoms with Gasteiger partial charge in [-0.05, 0) is 54.7 Å². The van der Waals surface area contributed by atoms with E-state index < -0.39 is 5.97 Å². The number of rotatable bonds is 8. The average Bonchev–Trinajstić information content (AvgIpc) is 3.32. The summed E-state index contributed by atoms with van der Waals surface area (Å²) in [5.74, 6) is 0.0632. The van der Waals surface area contributed by atoms with Gasteiger partial charge in [-0.2, -0.15) is 0 Å². The minimum atomic E-state index is -0.970. The van der Waals surface area contributed by atoms with E-state index in [9.17, 15) is 9.59 Å². The second-order valence-corrected chi connectivity index (χ2v) is 9.46. The van der Waals surface area contributed by atoms with Crippen LogP contribution in [0.1, 0.15) is 53.0 Å². The molecule has 1 atom stereocenters. The molecule has 0 spiro atoms. The second kappa shape index (κ2) is 11.0. The van der Waals surface area contributed by atoms with E-state index in [-0.39, 0.29) is 23.7 Å². The summed E-state index contributed by atoms with van der Waals surface area (Å²) < 4.78 is 11.3. The molecule has 8 nitrogen and oxygen atoms in total. The van der Waals surface area contributed by atoms with Crippen LogP contribution in [0, 0.1) is 0 Å². The maximum absolute atomic E-state index is 12.6. The van der Waals surface area contributed by atoms with E-state index >= 15 is 0 Å². The first-order valence-electron chi connectivity index (χ1n) is 12.7. The number of hydrogen-bond donors (Lipinski definition) is 1. The summed E-state index contributed by atoms with van der Waals surface area (Å²) in [6.07, 6.45) is 2.37. The molecule has 3 heterocycles. The molecule has 2 aliphatic rings. The maximum atomic E-state index is 12.6. The Labute approximate surface area is 216 Å². The molecule has 2 aliphatic heterocycles. The fraction of sp³-hybridized carbons (Fsp3) is 0.345. The molecule has 3 aromatic rings. The number of amides is 1. The first-order chi connectivity index (χ1) is 18.0. The number of pyridine rings is 1. The number of hydrogen-bond acceptors (Lipinski definition) is 6. The van der Waals surface area contributed by atoms with Crippen molar-refractivity contribution in [3.8, 4) is 11.6 Å². The van der Waals surface area contributed by atoms with E-state index in [4.69, 9.17) is 19.6 Å². The third-order valence-corrected chi connectivity index (χ3v) is 7.14. The summed E-state index contributed by atoms with van der Waals surface area (Å²) in [6, 6.07) is 20.5. The molecule has 2 saturated heterocycles. The summed E-state index contributed by atoms with van der Waals surface area (Å²) in [4.78, 5) is 32.7. The lowest BCUT2D eigenvalue weighted by Crippen LogP contribution is -2.46. The van der Waals surface area contributed by atoms with Gasteiger partial charge >= 0.3 is 12.1 Å². The molecule has 0 bridgehead atoms.